The second-order valence-electron chi connectivity index (χ2n) is 9.60. The number of carboxylic acids is 1. The van der Waals surface area contributed by atoms with Crippen LogP contribution in [0.1, 0.15) is 22.3 Å². The average molecular weight is 581 g/mol. The molecule has 0 aliphatic rings. The summed E-state index contributed by atoms with van der Waals surface area (Å²) in [7, 11) is 0. The Kier molecular flexibility index (Phi) is 9.68. The number of rotatable bonds is 10. The molecule has 0 heterocycles. The average Bonchev–Trinajstić information content (AvgIpc) is 2.96. The third-order valence-electron chi connectivity index (χ3n) is 6.60. The molecule has 2 amide bonds. The predicted octanol–water partition coefficient (Wildman–Crippen LogP) is 7.48. The van der Waals surface area contributed by atoms with Gasteiger partial charge < -0.3 is 15.3 Å². The van der Waals surface area contributed by atoms with Crippen molar-refractivity contribution in [1.29, 1.82) is 0 Å². The number of aliphatic carboxylic acids is 1. The molecule has 4 rings (SSSR count). The number of benzene rings is 4. The third kappa shape index (κ3) is 8.59. The Hall–Kier alpha value is -4.30. The summed E-state index contributed by atoms with van der Waals surface area (Å²) in [5, 5.41) is 12.8. The summed E-state index contributed by atoms with van der Waals surface area (Å²) in [6.45, 7) is 0.0190. The van der Waals surface area contributed by atoms with Crippen LogP contribution in [0, 0.1) is 0 Å². The number of hydrogen-bond donors (Lipinski definition) is 2. The van der Waals surface area contributed by atoms with Gasteiger partial charge in [0.05, 0.1) is 5.56 Å². The molecular weight excluding hydrogens is 553 g/mol. The smallest absolute Gasteiger partial charge is 0.416 e. The Morgan fingerprint density at radius 3 is 2.07 bits per heavy atom. The molecule has 2 N–H and O–H groups in total. The second-order valence-corrected chi connectivity index (χ2v) is 10.0. The van der Waals surface area contributed by atoms with Crippen LogP contribution in [-0.2, 0) is 30.4 Å². The molecule has 4 aromatic rings. The molecule has 212 valence electrons. The van der Waals surface area contributed by atoms with Crippen LogP contribution >= 0.6 is 11.6 Å². The monoisotopic (exact) mass is 580 g/mol. The van der Waals surface area contributed by atoms with Gasteiger partial charge in [-0.25, -0.2) is 9.59 Å². The van der Waals surface area contributed by atoms with Crippen LogP contribution < -0.4 is 5.32 Å². The zero-order valence-electron chi connectivity index (χ0n) is 21.9. The van der Waals surface area contributed by atoms with Gasteiger partial charge in [-0.3, -0.25) is 0 Å². The molecule has 0 aromatic heterocycles. The van der Waals surface area contributed by atoms with E-state index in [0.717, 1.165) is 28.8 Å². The summed E-state index contributed by atoms with van der Waals surface area (Å²) in [6.07, 6.45) is -4.11. The first-order chi connectivity index (χ1) is 19.6. The molecule has 0 aliphatic heterocycles. The van der Waals surface area contributed by atoms with Crippen molar-refractivity contribution in [3.8, 4) is 11.1 Å². The number of nitrogens with one attached hydrogen (secondary N) is 1. The van der Waals surface area contributed by atoms with Gasteiger partial charge in [0.2, 0.25) is 0 Å². The first-order valence-electron chi connectivity index (χ1n) is 12.9. The molecule has 0 saturated carbocycles. The van der Waals surface area contributed by atoms with Crippen molar-refractivity contribution in [1.82, 2.24) is 10.2 Å². The zero-order valence-corrected chi connectivity index (χ0v) is 22.7. The largest absolute Gasteiger partial charge is 0.480 e. The van der Waals surface area contributed by atoms with Crippen LogP contribution in [0.25, 0.3) is 11.1 Å². The number of amides is 2. The highest BCUT2D eigenvalue weighted by atomic mass is 35.5. The van der Waals surface area contributed by atoms with Gasteiger partial charge >= 0.3 is 18.2 Å². The van der Waals surface area contributed by atoms with E-state index in [1.165, 1.54) is 17.0 Å². The lowest BCUT2D eigenvalue weighted by atomic mass is 10.0. The maximum absolute atomic E-state index is 13.4. The van der Waals surface area contributed by atoms with Gasteiger partial charge in [0.25, 0.3) is 0 Å². The molecule has 0 aliphatic carbocycles. The normalized spacial score (nSPS) is 12.0. The highest BCUT2D eigenvalue weighted by Crippen LogP contribution is 2.30. The van der Waals surface area contributed by atoms with Crippen LogP contribution in [-0.4, -0.2) is 34.6 Å². The van der Waals surface area contributed by atoms with E-state index in [0.29, 0.717) is 17.0 Å². The molecule has 0 spiro atoms. The molecule has 9 heteroatoms. The predicted molar refractivity (Wildman–Crippen MR) is 153 cm³/mol. The van der Waals surface area contributed by atoms with Crippen molar-refractivity contribution >= 4 is 23.6 Å². The molecule has 41 heavy (non-hydrogen) atoms. The standard InChI is InChI=1S/C32H28ClF3N2O3/c33-28-15-11-23(12-16-28)20-29(30(39)40)37-31(41)38(21-24-5-4-8-27(19-24)32(34,35)36)18-17-22-9-13-26(14-10-22)25-6-2-1-3-7-25/h1-16,19,29H,17-18,20-21H2,(H,37,41)(H,39,40). The van der Waals surface area contributed by atoms with Gasteiger partial charge in [-0.1, -0.05) is 90.5 Å². The van der Waals surface area contributed by atoms with E-state index in [1.54, 1.807) is 24.3 Å². The summed E-state index contributed by atoms with van der Waals surface area (Å²) in [5.41, 5.74) is 3.12. The van der Waals surface area contributed by atoms with Crippen LogP contribution in [0.15, 0.2) is 103 Å². The van der Waals surface area contributed by atoms with Crippen molar-refractivity contribution in [2.24, 2.45) is 0 Å². The lowest BCUT2D eigenvalue weighted by Crippen LogP contribution is -2.49. The topological polar surface area (TPSA) is 69.6 Å². The first kappa shape index (κ1) is 29.7. The van der Waals surface area contributed by atoms with E-state index >= 15 is 0 Å². The minimum Gasteiger partial charge on any atom is -0.480 e. The fourth-order valence-electron chi connectivity index (χ4n) is 4.37. The molecule has 0 radical (unpaired) electrons. The summed E-state index contributed by atoms with van der Waals surface area (Å²) < 4.78 is 39.9. The highest BCUT2D eigenvalue weighted by molar-refractivity contribution is 6.30. The number of nitrogens with zero attached hydrogens (tertiary/aromatic N) is 1. The van der Waals surface area contributed by atoms with E-state index in [4.69, 9.17) is 11.6 Å². The molecule has 4 aromatic carbocycles. The van der Waals surface area contributed by atoms with Crippen LogP contribution in [0.5, 0.6) is 0 Å². The third-order valence-corrected chi connectivity index (χ3v) is 6.85. The van der Waals surface area contributed by atoms with Crippen molar-refractivity contribution in [3.63, 3.8) is 0 Å². The summed E-state index contributed by atoms with van der Waals surface area (Å²) in [6, 6.07) is 27.0. The van der Waals surface area contributed by atoms with E-state index < -0.39 is 29.8 Å². The second kappa shape index (κ2) is 13.4. The number of carboxylic acid groups (broad SMARTS) is 1. The lowest BCUT2D eigenvalue weighted by Gasteiger charge is -2.26. The van der Waals surface area contributed by atoms with Crippen molar-refractivity contribution in [3.05, 3.63) is 130 Å². The molecule has 0 saturated heterocycles. The number of hydrogen-bond acceptors (Lipinski definition) is 2. The van der Waals surface area contributed by atoms with Gasteiger partial charge in [-0.05, 0) is 58.5 Å². The first-order valence-corrected chi connectivity index (χ1v) is 13.3. The van der Waals surface area contributed by atoms with Crippen LogP contribution in [0.3, 0.4) is 0 Å². The van der Waals surface area contributed by atoms with Crippen molar-refractivity contribution in [2.45, 2.75) is 31.6 Å². The lowest BCUT2D eigenvalue weighted by molar-refractivity contribution is -0.139. The minimum atomic E-state index is -4.53. The van der Waals surface area contributed by atoms with E-state index in [1.807, 2.05) is 54.6 Å². The Bertz CT molecular complexity index is 1460. The van der Waals surface area contributed by atoms with Gasteiger partial charge in [-0.2, -0.15) is 13.2 Å². The van der Waals surface area contributed by atoms with E-state index in [2.05, 4.69) is 5.32 Å². The summed E-state index contributed by atoms with van der Waals surface area (Å²) in [4.78, 5) is 26.7. The fourth-order valence-corrected chi connectivity index (χ4v) is 4.50. The Labute approximate surface area is 241 Å². The molecule has 1 atom stereocenters. The maximum atomic E-state index is 13.4. The van der Waals surface area contributed by atoms with E-state index in [9.17, 15) is 27.9 Å². The molecule has 5 nitrogen and oxygen atoms in total. The van der Waals surface area contributed by atoms with Crippen LogP contribution in [0.4, 0.5) is 18.0 Å². The summed E-state index contributed by atoms with van der Waals surface area (Å²) in [5.74, 6) is -1.23. The molecule has 1 unspecified atom stereocenters. The maximum Gasteiger partial charge on any atom is 0.416 e. The fraction of sp³-hybridized carbons (Fsp3) is 0.188. The Morgan fingerprint density at radius 2 is 1.44 bits per heavy atom. The minimum absolute atomic E-state index is 0.0105. The SMILES string of the molecule is O=C(O)C(Cc1ccc(Cl)cc1)NC(=O)N(CCc1ccc(-c2ccccc2)cc1)Cc1cccc(C(F)(F)F)c1. The molecule has 0 bridgehead atoms. The number of halogens is 4. The molecule has 0 fully saturated rings. The zero-order chi connectivity index (χ0) is 29.4. The number of carbonyl (C=O) groups is 2. The number of carbonyl (C=O) groups excluding carboxylic acids is 1. The Morgan fingerprint density at radius 1 is 0.805 bits per heavy atom. The highest BCUT2D eigenvalue weighted by Gasteiger charge is 2.31. The van der Waals surface area contributed by atoms with Gasteiger partial charge in [-0.15, -0.1) is 0 Å². The molecular formula is C32H28ClF3N2O3. The van der Waals surface area contributed by atoms with Crippen LogP contribution in [0.2, 0.25) is 5.02 Å². The van der Waals surface area contributed by atoms with Gasteiger partial charge in [0.1, 0.15) is 6.04 Å². The van der Waals surface area contributed by atoms with Gasteiger partial charge in [0.15, 0.2) is 0 Å². The van der Waals surface area contributed by atoms with Gasteiger partial charge in [0, 0.05) is 24.5 Å². The van der Waals surface area contributed by atoms with Crippen molar-refractivity contribution < 1.29 is 27.9 Å². The number of alkyl halides is 3. The Balaban J connectivity index is 1.52. The number of urea groups is 1. The van der Waals surface area contributed by atoms with Crippen molar-refractivity contribution in [2.75, 3.05) is 6.54 Å². The summed E-state index contributed by atoms with van der Waals surface area (Å²) >= 11 is 5.91. The van der Waals surface area contributed by atoms with E-state index in [-0.39, 0.29) is 25.1 Å². The quantitative estimate of drug-likeness (QED) is 0.204.